The Hall–Kier alpha value is -0.990. The number of rotatable bonds is 5. The summed E-state index contributed by atoms with van der Waals surface area (Å²) in [6.45, 7) is 4.71. The van der Waals surface area contributed by atoms with Crippen molar-refractivity contribution >= 4 is 11.6 Å². The van der Waals surface area contributed by atoms with E-state index in [4.69, 9.17) is 22.1 Å². The first kappa shape index (κ1) is 11.1. The molecule has 0 saturated carbocycles. The molecule has 2 N–H and O–H groups in total. The lowest BCUT2D eigenvalue weighted by atomic mass is 10.2. The van der Waals surface area contributed by atoms with Crippen LogP contribution in [0.1, 0.15) is 12.0 Å². The van der Waals surface area contributed by atoms with E-state index in [9.17, 15) is 0 Å². The molecule has 0 radical (unpaired) electrons. The van der Waals surface area contributed by atoms with Gasteiger partial charge in [-0.1, -0.05) is 23.7 Å². The van der Waals surface area contributed by atoms with Crippen molar-refractivity contribution in [1.29, 1.82) is 0 Å². The zero-order valence-electron chi connectivity index (χ0n) is 8.00. The molecule has 3 heteroatoms. The van der Waals surface area contributed by atoms with Crippen molar-refractivity contribution in [2.24, 2.45) is 5.73 Å². The van der Waals surface area contributed by atoms with Crippen LogP contribution in [0, 0.1) is 0 Å². The maximum Gasteiger partial charge on any atom is 0.137 e. The molecule has 0 aliphatic rings. The Bertz CT molecular complexity index is 312. The number of hydrogen-bond donors (Lipinski definition) is 1. The zero-order valence-corrected chi connectivity index (χ0v) is 8.76. The van der Waals surface area contributed by atoms with E-state index in [1.807, 2.05) is 24.3 Å². The van der Waals surface area contributed by atoms with Crippen LogP contribution in [0.25, 0.3) is 0 Å². The molecule has 0 aliphatic heterocycles. The first-order valence-electron chi connectivity index (χ1n) is 4.50. The Morgan fingerprint density at radius 1 is 1.50 bits per heavy atom. The van der Waals surface area contributed by atoms with Crippen molar-refractivity contribution in [2.45, 2.75) is 13.0 Å². The van der Waals surface area contributed by atoms with Crippen molar-refractivity contribution < 1.29 is 4.74 Å². The molecule has 14 heavy (non-hydrogen) atoms. The monoisotopic (exact) mass is 211 g/mol. The molecular weight excluding hydrogens is 198 g/mol. The van der Waals surface area contributed by atoms with Gasteiger partial charge in [0, 0.05) is 6.54 Å². The van der Waals surface area contributed by atoms with Crippen LogP contribution in [0.3, 0.4) is 0 Å². The van der Waals surface area contributed by atoms with E-state index in [2.05, 4.69) is 6.58 Å². The highest BCUT2D eigenvalue weighted by Crippen LogP contribution is 2.25. The highest BCUT2D eigenvalue weighted by molar-refractivity contribution is 6.32. The SMILES string of the molecule is C=CCCOc1ccc(CN)cc1Cl. The van der Waals surface area contributed by atoms with E-state index < -0.39 is 0 Å². The number of benzene rings is 1. The van der Waals surface area contributed by atoms with Gasteiger partial charge >= 0.3 is 0 Å². The quantitative estimate of drug-likeness (QED) is 0.601. The molecule has 2 nitrogen and oxygen atoms in total. The zero-order chi connectivity index (χ0) is 10.4. The molecule has 0 aliphatic carbocycles. The second-order valence-electron chi connectivity index (χ2n) is 2.89. The van der Waals surface area contributed by atoms with Crippen LogP contribution in [0.15, 0.2) is 30.9 Å². The van der Waals surface area contributed by atoms with Gasteiger partial charge < -0.3 is 10.5 Å². The molecule has 76 valence electrons. The van der Waals surface area contributed by atoms with Gasteiger partial charge in [-0.2, -0.15) is 0 Å². The third-order valence-corrected chi connectivity index (χ3v) is 2.11. The van der Waals surface area contributed by atoms with Gasteiger partial charge in [0.1, 0.15) is 5.75 Å². The van der Waals surface area contributed by atoms with Crippen LogP contribution < -0.4 is 10.5 Å². The highest BCUT2D eigenvalue weighted by atomic mass is 35.5. The van der Waals surface area contributed by atoms with Crippen LogP contribution in [-0.4, -0.2) is 6.61 Å². The lowest BCUT2D eigenvalue weighted by Crippen LogP contribution is -1.99. The average Bonchev–Trinajstić information content (AvgIpc) is 2.20. The van der Waals surface area contributed by atoms with E-state index in [1.165, 1.54) is 0 Å². The smallest absolute Gasteiger partial charge is 0.137 e. The molecule has 0 saturated heterocycles. The maximum atomic E-state index is 5.98. The second kappa shape index (κ2) is 5.68. The number of nitrogens with two attached hydrogens (primary N) is 1. The normalized spacial score (nSPS) is 9.86. The van der Waals surface area contributed by atoms with Gasteiger partial charge in [0.25, 0.3) is 0 Å². The molecule has 0 amide bonds. The summed E-state index contributed by atoms with van der Waals surface area (Å²) in [6.07, 6.45) is 2.62. The van der Waals surface area contributed by atoms with Gasteiger partial charge in [0.05, 0.1) is 11.6 Å². The third-order valence-electron chi connectivity index (χ3n) is 1.81. The van der Waals surface area contributed by atoms with Gasteiger partial charge in [0.15, 0.2) is 0 Å². The Morgan fingerprint density at radius 3 is 2.86 bits per heavy atom. The Labute approximate surface area is 89.3 Å². The first-order chi connectivity index (χ1) is 6.77. The van der Waals surface area contributed by atoms with Crippen LogP contribution in [0.5, 0.6) is 5.75 Å². The van der Waals surface area contributed by atoms with Crippen molar-refractivity contribution in [2.75, 3.05) is 6.61 Å². The summed E-state index contributed by atoms with van der Waals surface area (Å²) in [5.74, 6) is 0.700. The Kier molecular flexibility index (Phi) is 4.50. The van der Waals surface area contributed by atoms with E-state index in [1.54, 1.807) is 0 Å². The molecule has 1 rings (SSSR count). The predicted octanol–water partition coefficient (Wildman–Crippen LogP) is 2.75. The topological polar surface area (TPSA) is 35.2 Å². The number of halogens is 1. The number of ether oxygens (including phenoxy) is 1. The molecule has 1 aromatic carbocycles. The third kappa shape index (κ3) is 3.05. The number of hydrogen-bond acceptors (Lipinski definition) is 2. The summed E-state index contributed by atoms with van der Waals surface area (Å²) in [7, 11) is 0. The van der Waals surface area contributed by atoms with E-state index in [-0.39, 0.29) is 0 Å². The molecule has 0 atom stereocenters. The van der Waals surface area contributed by atoms with Crippen molar-refractivity contribution in [3.63, 3.8) is 0 Å². The fraction of sp³-hybridized carbons (Fsp3) is 0.273. The van der Waals surface area contributed by atoms with Gasteiger partial charge in [-0.3, -0.25) is 0 Å². The van der Waals surface area contributed by atoms with Crippen molar-refractivity contribution in [3.8, 4) is 5.75 Å². The Morgan fingerprint density at radius 2 is 2.29 bits per heavy atom. The summed E-state index contributed by atoms with van der Waals surface area (Å²) in [5, 5.41) is 0.608. The summed E-state index contributed by atoms with van der Waals surface area (Å²) < 4.78 is 5.43. The summed E-state index contributed by atoms with van der Waals surface area (Å²) >= 11 is 5.98. The molecule has 0 bridgehead atoms. The summed E-state index contributed by atoms with van der Waals surface area (Å²) in [4.78, 5) is 0. The molecular formula is C11H14ClNO. The van der Waals surface area contributed by atoms with Crippen LogP contribution in [0.4, 0.5) is 0 Å². The minimum Gasteiger partial charge on any atom is -0.492 e. The van der Waals surface area contributed by atoms with Crippen LogP contribution >= 0.6 is 11.6 Å². The fourth-order valence-corrected chi connectivity index (χ4v) is 1.30. The molecule has 0 heterocycles. The van der Waals surface area contributed by atoms with E-state index in [0.717, 1.165) is 12.0 Å². The molecule has 1 aromatic rings. The van der Waals surface area contributed by atoms with Gasteiger partial charge in [-0.15, -0.1) is 6.58 Å². The molecule has 0 spiro atoms. The molecule has 0 fully saturated rings. The van der Waals surface area contributed by atoms with E-state index in [0.29, 0.717) is 23.9 Å². The molecule has 0 unspecified atom stereocenters. The van der Waals surface area contributed by atoms with Gasteiger partial charge in [-0.25, -0.2) is 0 Å². The minimum absolute atomic E-state index is 0.493. The van der Waals surface area contributed by atoms with E-state index >= 15 is 0 Å². The van der Waals surface area contributed by atoms with Crippen LogP contribution in [-0.2, 0) is 6.54 Å². The maximum absolute atomic E-state index is 5.98. The van der Waals surface area contributed by atoms with Crippen molar-refractivity contribution in [3.05, 3.63) is 41.4 Å². The minimum atomic E-state index is 0.493. The van der Waals surface area contributed by atoms with Crippen molar-refractivity contribution in [1.82, 2.24) is 0 Å². The fourth-order valence-electron chi connectivity index (χ4n) is 1.04. The largest absolute Gasteiger partial charge is 0.492 e. The lowest BCUT2D eigenvalue weighted by Gasteiger charge is -2.07. The summed E-state index contributed by atoms with van der Waals surface area (Å²) in [6, 6.07) is 5.58. The highest BCUT2D eigenvalue weighted by Gasteiger charge is 2.01. The second-order valence-corrected chi connectivity index (χ2v) is 3.30. The van der Waals surface area contributed by atoms with Crippen LogP contribution in [0.2, 0.25) is 5.02 Å². The summed E-state index contributed by atoms with van der Waals surface area (Å²) in [5.41, 5.74) is 6.48. The van der Waals surface area contributed by atoms with Gasteiger partial charge in [-0.05, 0) is 24.1 Å². The molecule has 0 aromatic heterocycles. The lowest BCUT2D eigenvalue weighted by molar-refractivity contribution is 0.325. The standard InChI is InChI=1S/C11H14ClNO/c1-2-3-6-14-11-5-4-9(8-13)7-10(11)12/h2,4-5,7H,1,3,6,8,13H2. The average molecular weight is 212 g/mol. The van der Waals surface area contributed by atoms with Gasteiger partial charge in [0.2, 0.25) is 0 Å². The Balaban J connectivity index is 2.63. The predicted molar refractivity (Wildman–Crippen MR) is 59.7 cm³/mol. The first-order valence-corrected chi connectivity index (χ1v) is 4.88.